The first kappa shape index (κ1) is 17.4. The van der Waals surface area contributed by atoms with E-state index in [1.54, 1.807) is 4.57 Å². The van der Waals surface area contributed by atoms with Gasteiger partial charge in [-0.2, -0.15) is 0 Å². The zero-order valence-electron chi connectivity index (χ0n) is 13.9. The van der Waals surface area contributed by atoms with E-state index in [0.29, 0.717) is 5.52 Å². The second-order valence-corrected chi connectivity index (χ2v) is 5.81. The Bertz CT molecular complexity index is 1040. The number of aliphatic imine (C=N–C) groups is 1. The van der Waals surface area contributed by atoms with E-state index in [4.69, 9.17) is 17.2 Å². The van der Waals surface area contributed by atoms with Crippen molar-refractivity contribution in [1.82, 2.24) is 9.55 Å². The Balaban J connectivity index is 2.10. The van der Waals surface area contributed by atoms with Crippen molar-refractivity contribution in [2.45, 2.75) is 18.9 Å². The average Bonchev–Trinajstić information content (AvgIpc) is 3.34. The van der Waals surface area contributed by atoms with Gasteiger partial charge in [0.05, 0.1) is 23.1 Å². The molecular formula is C17H16F2N6O. The Hall–Kier alpha value is -3.41. The third-order valence-electron chi connectivity index (χ3n) is 4.04. The Labute approximate surface area is 147 Å². The highest BCUT2D eigenvalue weighted by Crippen LogP contribution is 2.38. The van der Waals surface area contributed by atoms with E-state index in [9.17, 15) is 13.6 Å². The summed E-state index contributed by atoms with van der Waals surface area (Å²) in [6.07, 6.45) is 3.39. The Morgan fingerprint density at radius 1 is 1.35 bits per heavy atom. The number of fused-ring (bicyclic) bond motifs is 1. The summed E-state index contributed by atoms with van der Waals surface area (Å²) in [4.78, 5) is 19.1. The fourth-order valence-corrected chi connectivity index (χ4v) is 2.56. The summed E-state index contributed by atoms with van der Waals surface area (Å²) in [7, 11) is 1.34. The molecule has 1 aliphatic carbocycles. The molecule has 9 heteroatoms. The topological polar surface area (TPSA) is 125 Å². The molecule has 1 saturated carbocycles. The van der Waals surface area contributed by atoms with E-state index >= 15 is 0 Å². The van der Waals surface area contributed by atoms with Gasteiger partial charge in [0.2, 0.25) is 0 Å². The molecule has 0 spiro atoms. The molecule has 6 N–H and O–H groups in total. The molecule has 26 heavy (non-hydrogen) atoms. The quantitative estimate of drug-likeness (QED) is 0.323. The summed E-state index contributed by atoms with van der Waals surface area (Å²) < 4.78 is 30.8. The van der Waals surface area contributed by atoms with Crippen LogP contribution in [0, 0.1) is 23.5 Å². The second-order valence-electron chi connectivity index (χ2n) is 5.81. The maximum atomic E-state index is 14.6. The summed E-state index contributed by atoms with van der Waals surface area (Å²) >= 11 is 0. The first-order chi connectivity index (χ1) is 12.3. The van der Waals surface area contributed by atoms with Gasteiger partial charge >= 0.3 is 0 Å². The molecule has 0 saturated heterocycles. The van der Waals surface area contributed by atoms with Crippen molar-refractivity contribution in [3.05, 3.63) is 40.9 Å². The third kappa shape index (κ3) is 2.97. The van der Waals surface area contributed by atoms with Gasteiger partial charge in [0.15, 0.2) is 5.82 Å². The highest BCUT2D eigenvalue weighted by atomic mass is 19.1. The van der Waals surface area contributed by atoms with Crippen LogP contribution in [-0.2, 0) is 4.79 Å². The summed E-state index contributed by atoms with van der Waals surface area (Å²) in [6.45, 7) is 0. The number of carbonyl (C=O) groups excluding carboxylic acids is 1. The molecule has 1 heterocycles. The van der Waals surface area contributed by atoms with E-state index in [2.05, 4.69) is 21.8 Å². The summed E-state index contributed by atoms with van der Waals surface area (Å²) in [6, 6.07) is 1.41. The fraction of sp³-hybridized carbons (Fsp3) is 0.235. The molecule has 134 valence electrons. The maximum Gasteiger partial charge on any atom is 0.255 e. The van der Waals surface area contributed by atoms with Crippen LogP contribution < -0.4 is 17.2 Å². The van der Waals surface area contributed by atoms with E-state index in [1.165, 1.54) is 19.4 Å². The first-order valence-corrected chi connectivity index (χ1v) is 7.73. The number of hydrogen-bond donors (Lipinski definition) is 3. The minimum absolute atomic E-state index is 0.0231. The van der Waals surface area contributed by atoms with Crippen LogP contribution in [0.2, 0.25) is 0 Å². The normalized spacial score (nSPS) is 15.4. The predicted octanol–water partition coefficient (Wildman–Crippen LogP) is 0.686. The highest BCUT2D eigenvalue weighted by molar-refractivity contribution is 6.20. The smallest absolute Gasteiger partial charge is 0.255 e. The standard InChI is InChI=1S/C17H16F2N6O/c1-23-16(21)13(17(22)26)11(20)5-4-9-10(18)6-12-15(14(9)19)24-7-25(12)8-2-3-8/h6-8H,2-3,20H2,1H3,(H2,21,23)(H2,22,26)/b13-11+. The number of hydrogen-bond acceptors (Lipinski definition) is 4. The lowest BCUT2D eigenvalue weighted by atomic mass is 10.1. The van der Waals surface area contributed by atoms with Crippen LogP contribution in [0.5, 0.6) is 0 Å². The SMILES string of the molecule is CN=C(N)/C(C(N)=O)=C(\N)C#Cc1c(F)cc2c(ncn2C2CC2)c1F. The second kappa shape index (κ2) is 6.48. The van der Waals surface area contributed by atoms with Gasteiger partial charge in [0.25, 0.3) is 5.91 Å². The van der Waals surface area contributed by atoms with Gasteiger partial charge in [0, 0.05) is 19.2 Å². The van der Waals surface area contributed by atoms with Gasteiger partial charge in [-0.05, 0) is 18.8 Å². The number of amides is 1. The zero-order chi connectivity index (χ0) is 19.0. The van der Waals surface area contributed by atoms with Crippen molar-refractivity contribution in [3.63, 3.8) is 0 Å². The van der Waals surface area contributed by atoms with Gasteiger partial charge in [-0.25, -0.2) is 13.8 Å². The molecule has 0 aliphatic heterocycles. The van der Waals surface area contributed by atoms with E-state index in [0.717, 1.165) is 12.8 Å². The van der Waals surface area contributed by atoms with Crippen LogP contribution in [0.4, 0.5) is 8.78 Å². The number of primary amides is 1. The fourth-order valence-electron chi connectivity index (χ4n) is 2.56. The molecule has 1 aromatic carbocycles. The van der Waals surface area contributed by atoms with Crippen LogP contribution >= 0.6 is 0 Å². The van der Waals surface area contributed by atoms with Gasteiger partial charge < -0.3 is 21.8 Å². The molecule has 7 nitrogen and oxygen atoms in total. The molecule has 0 radical (unpaired) electrons. The lowest BCUT2D eigenvalue weighted by Gasteiger charge is -2.04. The van der Waals surface area contributed by atoms with Crippen molar-refractivity contribution < 1.29 is 13.6 Å². The molecule has 1 amide bonds. The number of amidine groups is 1. The van der Waals surface area contributed by atoms with Crippen LogP contribution in [0.15, 0.2) is 28.7 Å². The van der Waals surface area contributed by atoms with Crippen molar-refractivity contribution in [2.75, 3.05) is 7.05 Å². The van der Waals surface area contributed by atoms with Crippen LogP contribution in [0.25, 0.3) is 11.0 Å². The van der Waals surface area contributed by atoms with Gasteiger partial charge in [-0.3, -0.25) is 9.79 Å². The average molecular weight is 358 g/mol. The number of benzene rings is 1. The predicted molar refractivity (Wildman–Crippen MR) is 92.8 cm³/mol. The van der Waals surface area contributed by atoms with Gasteiger partial charge in [-0.15, -0.1) is 0 Å². The van der Waals surface area contributed by atoms with E-state index < -0.39 is 23.1 Å². The molecule has 0 atom stereocenters. The van der Waals surface area contributed by atoms with Gasteiger partial charge in [-0.1, -0.05) is 5.92 Å². The number of nitrogens with zero attached hydrogens (tertiary/aromatic N) is 3. The number of halogens is 2. The Morgan fingerprint density at radius 3 is 2.62 bits per heavy atom. The molecular weight excluding hydrogens is 342 g/mol. The molecule has 3 rings (SSSR count). The van der Waals surface area contributed by atoms with Crippen molar-refractivity contribution >= 4 is 22.8 Å². The number of rotatable bonds is 3. The molecule has 1 fully saturated rings. The lowest BCUT2D eigenvalue weighted by molar-refractivity contribution is -0.114. The number of allylic oxidation sites excluding steroid dienone is 1. The molecule has 1 aliphatic rings. The summed E-state index contributed by atoms with van der Waals surface area (Å²) in [5.41, 5.74) is 15.7. The summed E-state index contributed by atoms with van der Waals surface area (Å²) in [5.74, 6) is 1.70. The Morgan fingerprint density at radius 2 is 2.04 bits per heavy atom. The number of nitrogens with two attached hydrogens (primary N) is 3. The zero-order valence-corrected chi connectivity index (χ0v) is 13.9. The van der Waals surface area contributed by atoms with E-state index in [1.807, 2.05) is 0 Å². The van der Waals surface area contributed by atoms with E-state index in [-0.39, 0.29) is 28.7 Å². The molecule has 1 aromatic heterocycles. The largest absolute Gasteiger partial charge is 0.391 e. The lowest BCUT2D eigenvalue weighted by Crippen LogP contribution is -2.29. The third-order valence-corrected chi connectivity index (χ3v) is 4.04. The van der Waals surface area contributed by atoms with Crippen molar-refractivity contribution in [1.29, 1.82) is 0 Å². The summed E-state index contributed by atoms with van der Waals surface area (Å²) in [5, 5.41) is 0. The maximum absolute atomic E-state index is 14.6. The monoisotopic (exact) mass is 358 g/mol. The van der Waals surface area contributed by atoms with Crippen molar-refractivity contribution in [2.24, 2.45) is 22.2 Å². The van der Waals surface area contributed by atoms with Crippen LogP contribution in [0.3, 0.4) is 0 Å². The Kier molecular flexibility index (Phi) is 4.34. The molecule has 2 aromatic rings. The minimum Gasteiger partial charge on any atom is -0.391 e. The van der Waals surface area contributed by atoms with Crippen molar-refractivity contribution in [3.8, 4) is 11.8 Å². The molecule has 0 unspecified atom stereocenters. The van der Waals surface area contributed by atoms with Crippen LogP contribution in [-0.4, -0.2) is 28.3 Å². The van der Waals surface area contributed by atoms with Gasteiger partial charge in [0.1, 0.15) is 22.7 Å². The minimum atomic E-state index is -0.945. The number of aromatic nitrogens is 2. The first-order valence-electron chi connectivity index (χ1n) is 7.73. The number of imidazole rings is 1. The molecule has 0 bridgehead atoms. The highest BCUT2D eigenvalue weighted by Gasteiger charge is 2.27. The number of carbonyl (C=O) groups is 1. The van der Waals surface area contributed by atoms with Crippen LogP contribution in [0.1, 0.15) is 24.4 Å².